The quantitative estimate of drug-likeness (QED) is 0.328. The molecule has 5 rings (SSSR count). The normalized spacial score (nSPS) is 15.6. The van der Waals surface area contributed by atoms with E-state index in [0.717, 1.165) is 33.6 Å². The van der Waals surface area contributed by atoms with Crippen LogP contribution in [0.2, 0.25) is 0 Å². The molecule has 182 valence electrons. The minimum atomic E-state index is -0.251. The monoisotopic (exact) mass is 498 g/mol. The van der Waals surface area contributed by atoms with Crippen molar-refractivity contribution in [2.75, 3.05) is 19.1 Å². The van der Waals surface area contributed by atoms with Gasteiger partial charge in [0.25, 0.3) is 5.89 Å². The zero-order valence-corrected chi connectivity index (χ0v) is 21.3. The van der Waals surface area contributed by atoms with Gasteiger partial charge in [-0.05, 0) is 67.5 Å². The summed E-state index contributed by atoms with van der Waals surface area (Å²) in [6.45, 7) is 4.09. The SMILES string of the molecule is COc1ccc(-c2noc(C3=C(C)N(c4cccc(C)c4)C(=S)NC3c3ccccc3)n2)cc1OC. The number of aromatic nitrogens is 2. The van der Waals surface area contributed by atoms with E-state index in [9.17, 15) is 0 Å². The minimum absolute atomic E-state index is 0.251. The lowest BCUT2D eigenvalue weighted by atomic mass is 9.94. The van der Waals surface area contributed by atoms with Crippen LogP contribution in [0.1, 0.15) is 30.0 Å². The van der Waals surface area contributed by atoms with E-state index in [1.807, 2.05) is 60.4 Å². The van der Waals surface area contributed by atoms with E-state index in [2.05, 4.69) is 41.7 Å². The smallest absolute Gasteiger partial charge is 0.258 e. The summed E-state index contributed by atoms with van der Waals surface area (Å²) in [7, 11) is 3.20. The number of ether oxygens (including phenoxy) is 2. The minimum Gasteiger partial charge on any atom is -0.493 e. The van der Waals surface area contributed by atoms with Gasteiger partial charge in [-0.2, -0.15) is 4.98 Å². The third kappa shape index (κ3) is 4.31. The largest absolute Gasteiger partial charge is 0.493 e. The molecule has 8 heteroatoms. The number of benzene rings is 3. The third-order valence-corrected chi connectivity index (χ3v) is 6.48. The van der Waals surface area contributed by atoms with Crippen molar-refractivity contribution < 1.29 is 14.0 Å². The molecule has 0 fully saturated rings. The van der Waals surface area contributed by atoms with Gasteiger partial charge >= 0.3 is 0 Å². The van der Waals surface area contributed by atoms with Gasteiger partial charge in [-0.1, -0.05) is 47.6 Å². The summed E-state index contributed by atoms with van der Waals surface area (Å²) in [6, 6.07) is 23.6. The Morgan fingerprint density at radius 1 is 0.917 bits per heavy atom. The van der Waals surface area contributed by atoms with Crippen LogP contribution in [0.15, 0.2) is 83.0 Å². The lowest BCUT2D eigenvalue weighted by Gasteiger charge is -2.37. The second-order valence-electron chi connectivity index (χ2n) is 8.46. The highest BCUT2D eigenvalue weighted by Crippen LogP contribution is 2.39. The first-order valence-corrected chi connectivity index (χ1v) is 11.9. The Bertz CT molecular complexity index is 1450. The molecule has 1 unspecified atom stereocenters. The summed E-state index contributed by atoms with van der Waals surface area (Å²) >= 11 is 5.83. The second kappa shape index (κ2) is 9.83. The van der Waals surface area contributed by atoms with Crippen LogP contribution in [0.4, 0.5) is 5.69 Å². The first-order valence-electron chi connectivity index (χ1n) is 11.5. The average Bonchev–Trinajstić information content (AvgIpc) is 3.38. The molecule has 4 aromatic rings. The highest BCUT2D eigenvalue weighted by atomic mass is 32.1. The number of hydrogen-bond donors (Lipinski definition) is 1. The summed E-state index contributed by atoms with van der Waals surface area (Å²) < 4.78 is 16.7. The van der Waals surface area contributed by atoms with Crippen molar-refractivity contribution in [1.82, 2.24) is 15.5 Å². The maximum atomic E-state index is 5.85. The van der Waals surface area contributed by atoms with E-state index in [-0.39, 0.29) is 6.04 Å². The van der Waals surface area contributed by atoms with Crippen molar-refractivity contribution in [1.29, 1.82) is 0 Å². The lowest BCUT2D eigenvalue weighted by Crippen LogP contribution is -2.46. The molecule has 7 nitrogen and oxygen atoms in total. The van der Waals surface area contributed by atoms with E-state index < -0.39 is 0 Å². The van der Waals surface area contributed by atoms with Crippen molar-refractivity contribution >= 4 is 28.6 Å². The molecule has 1 aliphatic rings. The van der Waals surface area contributed by atoms with Gasteiger partial charge in [0, 0.05) is 16.9 Å². The molecule has 0 radical (unpaired) electrons. The van der Waals surface area contributed by atoms with Crippen molar-refractivity contribution in [3.8, 4) is 22.9 Å². The molecule has 3 aromatic carbocycles. The molecule has 1 aliphatic heterocycles. The van der Waals surface area contributed by atoms with Crippen LogP contribution in [0, 0.1) is 6.92 Å². The van der Waals surface area contributed by atoms with Crippen molar-refractivity contribution in [2.24, 2.45) is 0 Å². The molecule has 1 atom stereocenters. The zero-order valence-electron chi connectivity index (χ0n) is 20.5. The first kappa shape index (κ1) is 23.6. The molecule has 0 saturated carbocycles. The van der Waals surface area contributed by atoms with Crippen LogP contribution < -0.4 is 19.7 Å². The maximum absolute atomic E-state index is 5.85. The third-order valence-electron chi connectivity index (χ3n) is 6.18. The molecule has 0 bridgehead atoms. The zero-order chi connectivity index (χ0) is 25.2. The van der Waals surface area contributed by atoms with Crippen molar-refractivity contribution in [2.45, 2.75) is 19.9 Å². The van der Waals surface area contributed by atoms with Gasteiger partial charge in [0.1, 0.15) is 0 Å². The van der Waals surface area contributed by atoms with Crippen LogP contribution in [0.5, 0.6) is 11.5 Å². The Labute approximate surface area is 215 Å². The van der Waals surface area contributed by atoms with Crippen LogP contribution >= 0.6 is 12.2 Å². The van der Waals surface area contributed by atoms with E-state index >= 15 is 0 Å². The average molecular weight is 499 g/mol. The molecule has 1 N–H and O–H groups in total. The van der Waals surface area contributed by atoms with Gasteiger partial charge in [-0.25, -0.2) is 0 Å². The Balaban J connectivity index is 1.63. The fourth-order valence-corrected chi connectivity index (χ4v) is 4.78. The molecule has 36 heavy (non-hydrogen) atoms. The van der Waals surface area contributed by atoms with Crippen LogP contribution in [0.3, 0.4) is 0 Å². The van der Waals surface area contributed by atoms with Gasteiger partial charge < -0.3 is 19.3 Å². The topological polar surface area (TPSA) is 72.7 Å². The number of anilines is 1. The Kier molecular flexibility index (Phi) is 6.43. The lowest BCUT2D eigenvalue weighted by molar-refractivity contribution is 0.355. The summed E-state index contributed by atoms with van der Waals surface area (Å²) in [5.74, 6) is 2.09. The van der Waals surface area contributed by atoms with E-state index in [1.54, 1.807) is 14.2 Å². The number of nitrogens with zero attached hydrogens (tertiary/aromatic N) is 3. The Hall–Kier alpha value is -4.17. The van der Waals surface area contributed by atoms with Gasteiger partial charge in [0.2, 0.25) is 5.82 Å². The van der Waals surface area contributed by atoms with Crippen molar-refractivity contribution in [3.05, 3.63) is 95.5 Å². The van der Waals surface area contributed by atoms with E-state index in [4.69, 9.17) is 31.2 Å². The van der Waals surface area contributed by atoms with E-state index in [1.165, 1.54) is 0 Å². The van der Waals surface area contributed by atoms with Crippen LogP contribution in [-0.2, 0) is 0 Å². The number of methoxy groups -OCH3 is 2. The molecule has 2 heterocycles. The molecule has 0 aliphatic carbocycles. The van der Waals surface area contributed by atoms with Gasteiger partial charge in [0.05, 0.1) is 25.8 Å². The highest BCUT2D eigenvalue weighted by Gasteiger charge is 2.34. The van der Waals surface area contributed by atoms with Crippen LogP contribution in [-0.4, -0.2) is 29.5 Å². The van der Waals surface area contributed by atoms with Crippen LogP contribution in [0.25, 0.3) is 17.0 Å². The molecular weight excluding hydrogens is 472 g/mol. The molecule has 0 saturated heterocycles. The van der Waals surface area contributed by atoms with Gasteiger partial charge in [-0.15, -0.1) is 0 Å². The number of rotatable bonds is 6. The maximum Gasteiger partial charge on any atom is 0.258 e. The standard InChI is InChI=1S/C28H26N4O3S/c1-17-9-8-12-21(15-17)32-18(2)24(25(29-28(32)36)19-10-6-5-7-11-19)27-30-26(31-35-27)20-13-14-22(33-3)23(16-20)34-4/h5-16,25H,1-4H3,(H,29,36). The summed E-state index contributed by atoms with van der Waals surface area (Å²) in [5, 5.41) is 8.39. The van der Waals surface area contributed by atoms with Gasteiger partial charge in [0.15, 0.2) is 16.6 Å². The Morgan fingerprint density at radius 2 is 1.69 bits per heavy atom. The Morgan fingerprint density at radius 3 is 2.42 bits per heavy atom. The molecule has 0 amide bonds. The molecule has 0 spiro atoms. The predicted molar refractivity (Wildman–Crippen MR) is 144 cm³/mol. The fraction of sp³-hybridized carbons (Fsp3) is 0.179. The highest BCUT2D eigenvalue weighted by molar-refractivity contribution is 7.80. The summed E-state index contributed by atoms with van der Waals surface area (Å²) in [5.41, 5.74) is 5.68. The number of aryl methyl sites for hydroxylation is 1. The van der Waals surface area contributed by atoms with Gasteiger partial charge in [-0.3, -0.25) is 4.90 Å². The summed E-state index contributed by atoms with van der Waals surface area (Å²) in [6.07, 6.45) is 0. The predicted octanol–water partition coefficient (Wildman–Crippen LogP) is 5.93. The number of nitrogens with one attached hydrogen (secondary N) is 1. The van der Waals surface area contributed by atoms with Crippen molar-refractivity contribution in [3.63, 3.8) is 0 Å². The molecular formula is C28H26N4O3S. The summed E-state index contributed by atoms with van der Waals surface area (Å²) in [4.78, 5) is 6.80. The van der Waals surface area contributed by atoms with E-state index in [0.29, 0.717) is 28.3 Å². The molecule has 1 aromatic heterocycles. The number of hydrogen-bond acceptors (Lipinski definition) is 6. The number of allylic oxidation sites excluding steroid dienone is 1. The first-order chi connectivity index (χ1) is 17.5. The fourth-order valence-electron chi connectivity index (χ4n) is 4.42. The number of thiocarbonyl (C=S) groups is 1. The second-order valence-corrected chi connectivity index (χ2v) is 8.85.